The molecule has 4 nitrogen and oxygen atoms in total. The monoisotopic (exact) mass is 352 g/mol. The van der Waals surface area contributed by atoms with E-state index in [2.05, 4.69) is 16.8 Å². The topological polar surface area (TPSA) is 32.8 Å². The van der Waals surface area contributed by atoms with Crippen LogP contribution in [-0.4, -0.2) is 68.3 Å². The van der Waals surface area contributed by atoms with E-state index in [0.717, 1.165) is 26.2 Å². The Labute approximate surface area is 143 Å². The summed E-state index contributed by atoms with van der Waals surface area (Å²) in [5.74, 6) is -0.341. The van der Waals surface area contributed by atoms with Crippen LogP contribution in [0.25, 0.3) is 0 Å². The molecule has 7 heteroatoms. The van der Waals surface area contributed by atoms with Gasteiger partial charge in [-0.1, -0.05) is 27.7 Å². The zero-order valence-electron chi connectivity index (χ0n) is 15.5. The first-order chi connectivity index (χ1) is 10.8. The van der Waals surface area contributed by atoms with Crippen LogP contribution in [0.5, 0.6) is 0 Å². The molecule has 0 radical (unpaired) electrons. The average Bonchev–Trinajstić information content (AvgIpc) is 2.42. The first-order valence-corrected chi connectivity index (χ1v) is 8.46. The molecule has 142 valence electrons. The van der Waals surface area contributed by atoms with E-state index >= 15 is 0 Å². The first kappa shape index (κ1) is 21.2. The summed E-state index contributed by atoms with van der Waals surface area (Å²) in [6, 6.07) is 0. The van der Waals surface area contributed by atoms with Gasteiger partial charge in [-0.2, -0.15) is 13.2 Å². The quantitative estimate of drug-likeness (QED) is 0.659. The molecule has 1 aliphatic heterocycles. The van der Waals surface area contributed by atoms with E-state index in [1.165, 1.54) is 13.8 Å². The van der Waals surface area contributed by atoms with Crippen molar-refractivity contribution in [1.29, 1.82) is 0 Å². The second-order valence-electron chi connectivity index (χ2n) is 8.28. The van der Waals surface area contributed by atoms with E-state index in [1.54, 1.807) is 13.8 Å². The normalized spacial score (nSPS) is 18.7. The SMILES string of the molecule is CN1CCN(CCC(=O)OCC(C)(C)CC(C)(C)C(F)(F)F)CC1. The Morgan fingerprint density at radius 3 is 2.08 bits per heavy atom. The molecule has 1 saturated heterocycles. The minimum Gasteiger partial charge on any atom is -0.465 e. The predicted molar refractivity (Wildman–Crippen MR) is 87.7 cm³/mol. The Kier molecular flexibility index (Phi) is 7.11. The van der Waals surface area contributed by atoms with Gasteiger partial charge >= 0.3 is 12.1 Å². The van der Waals surface area contributed by atoms with Crippen LogP contribution in [-0.2, 0) is 9.53 Å². The van der Waals surface area contributed by atoms with E-state index in [1.807, 2.05) is 0 Å². The maximum absolute atomic E-state index is 13.0. The number of likely N-dealkylation sites (N-methyl/N-ethyl adjacent to an activating group) is 1. The van der Waals surface area contributed by atoms with E-state index < -0.39 is 17.0 Å². The minimum absolute atomic E-state index is 0.00802. The zero-order chi connectivity index (χ0) is 18.6. The molecule has 0 bridgehead atoms. The van der Waals surface area contributed by atoms with Crippen LogP contribution in [0.3, 0.4) is 0 Å². The fourth-order valence-corrected chi connectivity index (χ4v) is 3.02. The van der Waals surface area contributed by atoms with Crippen LogP contribution in [0.15, 0.2) is 0 Å². The molecule has 0 aromatic carbocycles. The Morgan fingerprint density at radius 2 is 1.58 bits per heavy atom. The average molecular weight is 352 g/mol. The van der Waals surface area contributed by atoms with Gasteiger partial charge in [-0.15, -0.1) is 0 Å². The number of alkyl halides is 3. The number of nitrogens with zero attached hydrogens (tertiary/aromatic N) is 2. The highest BCUT2D eigenvalue weighted by Crippen LogP contribution is 2.45. The molecule has 0 saturated carbocycles. The fourth-order valence-electron chi connectivity index (χ4n) is 3.02. The van der Waals surface area contributed by atoms with Gasteiger partial charge in [0.25, 0.3) is 0 Å². The van der Waals surface area contributed by atoms with Gasteiger partial charge in [0.1, 0.15) is 0 Å². The van der Waals surface area contributed by atoms with Gasteiger partial charge in [0.15, 0.2) is 0 Å². The number of ether oxygens (including phenoxy) is 1. The van der Waals surface area contributed by atoms with Gasteiger partial charge in [0.05, 0.1) is 18.4 Å². The maximum Gasteiger partial charge on any atom is 0.393 e. The lowest BCUT2D eigenvalue weighted by Gasteiger charge is -2.36. The smallest absolute Gasteiger partial charge is 0.393 e. The molecule has 0 aromatic heterocycles. The summed E-state index contributed by atoms with van der Waals surface area (Å²) in [6.07, 6.45) is -4.08. The van der Waals surface area contributed by atoms with Crippen molar-refractivity contribution in [3.8, 4) is 0 Å². The van der Waals surface area contributed by atoms with Gasteiger partial charge in [-0.05, 0) is 18.9 Å². The number of halogens is 3. The van der Waals surface area contributed by atoms with E-state index in [4.69, 9.17) is 4.74 Å². The van der Waals surface area contributed by atoms with Crippen molar-refractivity contribution in [2.75, 3.05) is 46.4 Å². The number of piperazine rings is 1. The van der Waals surface area contributed by atoms with Crippen LogP contribution in [0.2, 0.25) is 0 Å². The Morgan fingerprint density at radius 1 is 1.04 bits per heavy atom. The summed E-state index contributed by atoms with van der Waals surface area (Å²) < 4.78 is 44.2. The van der Waals surface area contributed by atoms with Crippen molar-refractivity contribution in [3.05, 3.63) is 0 Å². The van der Waals surface area contributed by atoms with Crippen molar-refractivity contribution in [2.45, 2.75) is 46.7 Å². The molecule has 1 aliphatic rings. The van der Waals surface area contributed by atoms with E-state index in [-0.39, 0.29) is 25.4 Å². The Bertz CT molecular complexity index is 415. The number of carbonyl (C=O) groups is 1. The zero-order valence-corrected chi connectivity index (χ0v) is 15.5. The number of hydrogen-bond acceptors (Lipinski definition) is 4. The van der Waals surface area contributed by atoms with Gasteiger partial charge in [0.2, 0.25) is 0 Å². The number of carbonyl (C=O) groups excluding carboxylic acids is 1. The first-order valence-electron chi connectivity index (χ1n) is 8.46. The van der Waals surface area contributed by atoms with Crippen molar-refractivity contribution in [2.24, 2.45) is 10.8 Å². The third-order valence-corrected chi connectivity index (χ3v) is 4.54. The van der Waals surface area contributed by atoms with Gasteiger partial charge in [0, 0.05) is 32.7 Å². The number of rotatable bonds is 7. The summed E-state index contributed by atoms with van der Waals surface area (Å²) in [5.41, 5.74) is -2.52. The molecule has 0 spiro atoms. The van der Waals surface area contributed by atoms with Crippen LogP contribution >= 0.6 is 0 Å². The lowest BCUT2D eigenvalue weighted by molar-refractivity contribution is -0.222. The largest absolute Gasteiger partial charge is 0.465 e. The molecule has 0 unspecified atom stereocenters. The van der Waals surface area contributed by atoms with Crippen LogP contribution in [0.4, 0.5) is 13.2 Å². The predicted octanol–water partition coefficient (Wildman–Crippen LogP) is 3.17. The summed E-state index contributed by atoms with van der Waals surface area (Å²) in [5, 5.41) is 0. The molecule has 0 atom stereocenters. The highest BCUT2D eigenvalue weighted by molar-refractivity contribution is 5.69. The van der Waals surface area contributed by atoms with Crippen LogP contribution < -0.4 is 0 Å². The fraction of sp³-hybridized carbons (Fsp3) is 0.941. The standard InChI is InChI=1S/C17H31F3N2O2/c1-15(2,12-16(3,4)17(18,19)20)13-24-14(23)6-7-22-10-8-21(5)9-11-22/h6-13H2,1-5H3. The van der Waals surface area contributed by atoms with Crippen molar-refractivity contribution in [1.82, 2.24) is 9.80 Å². The second kappa shape index (κ2) is 8.04. The van der Waals surface area contributed by atoms with Crippen molar-refractivity contribution in [3.63, 3.8) is 0 Å². The summed E-state index contributed by atoms with van der Waals surface area (Å²) >= 11 is 0. The molecular formula is C17H31F3N2O2. The molecule has 0 aromatic rings. The second-order valence-corrected chi connectivity index (χ2v) is 8.28. The van der Waals surface area contributed by atoms with E-state index in [0.29, 0.717) is 6.54 Å². The molecule has 24 heavy (non-hydrogen) atoms. The number of esters is 1. The molecular weight excluding hydrogens is 321 g/mol. The molecule has 1 rings (SSSR count). The lowest BCUT2D eigenvalue weighted by atomic mass is 9.75. The molecule has 0 N–H and O–H groups in total. The minimum atomic E-state index is -4.27. The lowest BCUT2D eigenvalue weighted by Crippen LogP contribution is -2.45. The molecule has 1 heterocycles. The summed E-state index contributed by atoms with van der Waals surface area (Å²) in [4.78, 5) is 16.3. The van der Waals surface area contributed by atoms with Gasteiger partial charge in [-0.3, -0.25) is 4.79 Å². The summed E-state index contributed by atoms with van der Waals surface area (Å²) in [7, 11) is 2.07. The van der Waals surface area contributed by atoms with Gasteiger partial charge < -0.3 is 14.5 Å². The molecule has 1 fully saturated rings. The Hall–Kier alpha value is -0.820. The maximum atomic E-state index is 13.0. The van der Waals surface area contributed by atoms with Crippen LogP contribution in [0.1, 0.15) is 40.5 Å². The van der Waals surface area contributed by atoms with E-state index in [9.17, 15) is 18.0 Å². The van der Waals surface area contributed by atoms with Crippen LogP contribution in [0, 0.1) is 10.8 Å². The highest BCUT2D eigenvalue weighted by atomic mass is 19.4. The molecule has 0 amide bonds. The van der Waals surface area contributed by atoms with Crippen molar-refractivity contribution < 1.29 is 22.7 Å². The number of hydrogen-bond donors (Lipinski definition) is 0. The molecule has 0 aliphatic carbocycles. The van der Waals surface area contributed by atoms with Crippen molar-refractivity contribution >= 4 is 5.97 Å². The summed E-state index contributed by atoms with van der Waals surface area (Å²) in [6.45, 7) is 10.2. The Balaban J connectivity index is 2.34. The third-order valence-electron chi connectivity index (χ3n) is 4.54. The third kappa shape index (κ3) is 6.97. The highest BCUT2D eigenvalue weighted by Gasteiger charge is 2.49. The van der Waals surface area contributed by atoms with Gasteiger partial charge in [-0.25, -0.2) is 0 Å².